The number of halogens is 2. The third kappa shape index (κ3) is 3.54. The summed E-state index contributed by atoms with van der Waals surface area (Å²) >= 11 is 5.80. The molecule has 1 aromatic carbocycles. The molecular formula is C10H12Cl2O3S. The fourth-order valence-corrected chi connectivity index (χ4v) is 2.59. The molecule has 0 N–H and O–H groups in total. The van der Waals surface area contributed by atoms with Crippen molar-refractivity contribution in [3.05, 3.63) is 23.2 Å². The zero-order valence-corrected chi connectivity index (χ0v) is 11.2. The molecule has 0 unspecified atom stereocenters. The van der Waals surface area contributed by atoms with E-state index in [0.29, 0.717) is 5.75 Å². The third-order valence-corrected chi connectivity index (χ3v) is 3.88. The minimum Gasteiger partial charge on any atom is -0.491 e. The average Bonchev–Trinajstić information content (AvgIpc) is 2.15. The summed E-state index contributed by atoms with van der Waals surface area (Å²) < 4.78 is 27.7. The molecule has 0 radical (unpaired) electrons. The lowest BCUT2D eigenvalue weighted by Crippen LogP contribution is -2.09. The summed E-state index contributed by atoms with van der Waals surface area (Å²) in [6.45, 7) is 3.91. The van der Waals surface area contributed by atoms with Crippen molar-refractivity contribution in [1.82, 2.24) is 0 Å². The molecule has 1 rings (SSSR count). The second kappa shape index (κ2) is 5.25. The zero-order valence-electron chi connectivity index (χ0n) is 8.91. The standard InChI is InChI=1S/C10H12Cl2O3S/c1-3-7(2)15-8-4-5-10(9(11)6-8)16(12,13)14/h4-7H,3H2,1-2H3/t7-/m1/s1. The summed E-state index contributed by atoms with van der Waals surface area (Å²) in [5, 5.41) is 0.0656. The van der Waals surface area contributed by atoms with Crippen LogP contribution >= 0.6 is 22.3 Å². The van der Waals surface area contributed by atoms with E-state index in [1.54, 1.807) is 0 Å². The van der Waals surface area contributed by atoms with E-state index in [0.717, 1.165) is 6.42 Å². The molecule has 1 aromatic rings. The van der Waals surface area contributed by atoms with Gasteiger partial charge in [0.1, 0.15) is 10.6 Å². The van der Waals surface area contributed by atoms with Gasteiger partial charge in [0.05, 0.1) is 11.1 Å². The van der Waals surface area contributed by atoms with Crippen LogP contribution in [0.5, 0.6) is 5.75 Å². The van der Waals surface area contributed by atoms with E-state index < -0.39 is 9.05 Å². The fraction of sp³-hybridized carbons (Fsp3) is 0.400. The van der Waals surface area contributed by atoms with Crippen LogP contribution in [-0.4, -0.2) is 14.5 Å². The number of ether oxygens (including phenoxy) is 1. The first-order chi connectivity index (χ1) is 7.34. The summed E-state index contributed by atoms with van der Waals surface area (Å²) in [4.78, 5) is -0.104. The fourth-order valence-electron chi connectivity index (χ4n) is 1.07. The number of rotatable bonds is 4. The van der Waals surface area contributed by atoms with Crippen molar-refractivity contribution in [2.45, 2.75) is 31.3 Å². The molecule has 16 heavy (non-hydrogen) atoms. The van der Waals surface area contributed by atoms with Crippen LogP contribution in [0.15, 0.2) is 23.1 Å². The Hall–Kier alpha value is -0.450. The minimum atomic E-state index is -3.80. The van der Waals surface area contributed by atoms with E-state index in [-0.39, 0.29) is 16.0 Å². The van der Waals surface area contributed by atoms with E-state index in [4.69, 9.17) is 27.0 Å². The van der Waals surface area contributed by atoms with Gasteiger partial charge in [-0.3, -0.25) is 0 Å². The summed E-state index contributed by atoms with van der Waals surface area (Å²) in [7, 11) is 1.40. The first-order valence-corrected chi connectivity index (χ1v) is 7.44. The second-order valence-corrected chi connectivity index (χ2v) is 6.31. The first kappa shape index (κ1) is 13.6. The molecule has 1 atom stereocenters. The second-order valence-electron chi connectivity index (χ2n) is 3.37. The van der Waals surface area contributed by atoms with Crippen LogP contribution in [-0.2, 0) is 9.05 Å². The Morgan fingerprint density at radius 2 is 2.06 bits per heavy atom. The Labute approximate surface area is 105 Å². The maximum atomic E-state index is 11.1. The molecule has 0 heterocycles. The quantitative estimate of drug-likeness (QED) is 0.795. The molecule has 90 valence electrons. The van der Waals surface area contributed by atoms with Crippen LogP contribution < -0.4 is 4.74 Å². The van der Waals surface area contributed by atoms with Gasteiger partial charge in [-0.1, -0.05) is 18.5 Å². The van der Waals surface area contributed by atoms with Crippen LogP contribution in [0.3, 0.4) is 0 Å². The van der Waals surface area contributed by atoms with Gasteiger partial charge in [-0.15, -0.1) is 0 Å². The molecule has 0 fully saturated rings. The van der Waals surface area contributed by atoms with Crippen LogP contribution in [0.25, 0.3) is 0 Å². The maximum absolute atomic E-state index is 11.1. The van der Waals surface area contributed by atoms with Crippen LogP contribution in [0.1, 0.15) is 20.3 Å². The minimum absolute atomic E-state index is 0.0505. The molecule has 0 amide bonds. The Morgan fingerprint density at radius 3 is 2.50 bits per heavy atom. The lowest BCUT2D eigenvalue weighted by molar-refractivity contribution is 0.217. The number of benzene rings is 1. The zero-order chi connectivity index (χ0) is 12.3. The van der Waals surface area contributed by atoms with E-state index in [2.05, 4.69) is 0 Å². The van der Waals surface area contributed by atoms with Gasteiger partial charge >= 0.3 is 0 Å². The van der Waals surface area contributed by atoms with Crippen molar-refractivity contribution >= 4 is 31.3 Å². The predicted molar refractivity (Wildman–Crippen MR) is 64.9 cm³/mol. The maximum Gasteiger partial charge on any atom is 0.262 e. The monoisotopic (exact) mass is 282 g/mol. The van der Waals surface area contributed by atoms with Gasteiger partial charge in [0.15, 0.2) is 0 Å². The van der Waals surface area contributed by atoms with Crippen LogP contribution in [0.4, 0.5) is 0 Å². The van der Waals surface area contributed by atoms with Crippen LogP contribution in [0.2, 0.25) is 5.02 Å². The highest BCUT2D eigenvalue weighted by Crippen LogP contribution is 2.29. The van der Waals surface area contributed by atoms with Gasteiger partial charge < -0.3 is 4.74 Å². The molecule has 0 saturated heterocycles. The van der Waals surface area contributed by atoms with Crippen molar-refractivity contribution in [2.24, 2.45) is 0 Å². The molecule has 0 saturated carbocycles. The van der Waals surface area contributed by atoms with Gasteiger partial charge in [0, 0.05) is 16.7 Å². The number of hydrogen-bond donors (Lipinski definition) is 0. The van der Waals surface area contributed by atoms with E-state index in [1.807, 2.05) is 13.8 Å². The average molecular weight is 283 g/mol. The van der Waals surface area contributed by atoms with Gasteiger partial charge in [0.25, 0.3) is 9.05 Å². The largest absolute Gasteiger partial charge is 0.491 e. The van der Waals surface area contributed by atoms with Crippen molar-refractivity contribution < 1.29 is 13.2 Å². The molecular weight excluding hydrogens is 271 g/mol. The molecule has 6 heteroatoms. The van der Waals surface area contributed by atoms with Crippen molar-refractivity contribution in [3.8, 4) is 5.75 Å². The van der Waals surface area contributed by atoms with Gasteiger partial charge in [-0.05, 0) is 25.5 Å². The highest BCUT2D eigenvalue weighted by molar-refractivity contribution is 8.13. The summed E-state index contributed by atoms with van der Waals surface area (Å²) in [5.41, 5.74) is 0. The predicted octanol–water partition coefficient (Wildman–Crippen LogP) is 3.44. The highest BCUT2D eigenvalue weighted by atomic mass is 35.7. The molecule has 0 aliphatic carbocycles. The molecule has 0 spiro atoms. The molecule has 3 nitrogen and oxygen atoms in total. The Kier molecular flexibility index (Phi) is 4.47. The third-order valence-electron chi connectivity index (χ3n) is 2.08. The Balaban J connectivity index is 3.01. The lowest BCUT2D eigenvalue weighted by Gasteiger charge is -2.13. The molecule has 0 aliphatic heterocycles. The summed E-state index contributed by atoms with van der Waals surface area (Å²) in [6.07, 6.45) is 0.905. The van der Waals surface area contributed by atoms with Crippen molar-refractivity contribution in [2.75, 3.05) is 0 Å². The summed E-state index contributed by atoms with van der Waals surface area (Å²) in [5.74, 6) is 0.531. The van der Waals surface area contributed by atoms with Gasteiger partial charge in [-0.2, -0.15) is 0 Å². The van der Waals surface area contributed by atoms with Crippen molar-refractivity contribution in [3.63, 3.8) is 0 Å². The topological polar surface area (TPSA) is 43.4 Å². The molecule has 0 bridgehead atoms. The molecule has 0 aromatic heterocycles. The summed E-state index contributed by atoms with van der Waals surface area (Å²) in [6, 6.07) is 4.32. The number of hydrogen-bond acceptors (Lipinski definition) is 3. The first-order valence-electron chi connectivity index (χ1n) is 4.75. The van der Waals surface area contributed by atoms with E-state index >= 15 is 0 Å². The van der Waals surface area contributed by atoms with E-state index in [9.17, 15) is 8.42 Å². The normalized spacial score (nSPS) is 13.5. The van der Waals surface area contributed by atoms with E-state index in [1.165, 1.54) is 18.2 Å². The lowest BCUT2D eigenvalue weighted by atomic mass is 10.3. The van der Waals surface area contributed by atoms with Crippen molar-refractivity contribution in [1.29, 1.82) is 0 Å². The Bertz CT molecular complexity index is 471. The van der Waals surface area contributed by atoms with Crippen LogP contribution in [0, 0.1) is 0 Å². The molecule has 0 aliphatic rings. The smallest absolute Gasteiger partial charge is 0.262 e. The van der Waals surface area contributed by atoms with Gasteiger partial charge in [-0.25, -0.2) is 8.42 Å². The Morgan fingerprint density at radius 1 is 1.44 bits per heavy atom. The highest BCUT2D eigenvalue weighted by Gasteiger charge is 2.15. The van der Waals surface area contributed by atoms with Gasteiger partial charge in [0.2, 0.25) is 0 Å². The SMILES string of the molecule is CC[C@@H](C)Oc1ccc(S(=O)(=O)Cl)c(Cl)c1.